The van der Waals surface area contributed by atoms with Crippen molar-refractivity contribution in [1.29, 1.82) is 0 Å². The second-order valence-corrected chi connectivity index (χ2v) is 4.62. The summed E-state index contributed by atoms with van der Waals surface area (Å²) in [5.41, 5.74) is 0.814. The molecule has 1 fully saturated rings. The molecule has 0 N–H and O–H groups in total. The number of piperazine rings is 1. The van der Waals surface area contributed by atoms with Crippen LogP contribution < -0.4 is 4.90 Å². The number of amides is 1. The lowest BCUT2D eigenvalue weighted by molar-refractivity contribution is -0.384. The fourth-order valence-electron chi connectivity index (χ4n) is 2.28. The van der Waals surface area contributed by atoms with Crippen LogP contribution in [0.5, 0.6) is 0 Å². The Labute approximate surface area is 115 Å². The fraction of sp³-hybridized carbons (Fsp3) is 0.385. The van der Waals surface area contributed by atoms with Crippen LogP contribution >= 0.6 is 0 Å². The number of hydrogen-bond acceptors (Lipinski definition) is 5. The van der Waals surface area contributed by atoms with Crippen molar-refractivity contribution in [2.24, 2.45) is 0 Å². The summed E-state index contributed by atoms with van der Waals surface area (Å²) in [6, 6.07) is 4.30. The molecule has 0 aromatic heterocycles. The first-order valence-electron chi connectivity index (χ1n) is 6.27. The molecule has 106 valence electrons. The van der Waals surface area contributed by atoms with Gasteiger partial charge in [-0.15, -0.1) is 0 Å². The third-order valence-corrected chi connectivity index (χ3v) is 3.40. The van der Waals surface area contributed by atoms with E-state index in [4.69, 9.17) is 0 Å². The highest BCUT2D eigenvalue weighted by molar-refractivity contribution is 5.80. The molecule has 1 amide bonds. The van der Waals surface area contributed by atoms with Crippen molar-refractivity contribution in [3.63, 3.8) is 0 Å². The molecule has 1 saturated heterocycles. The van der Waals surface area contributed by atoms with Gasteiger partial charge in [0.25, 0.3) is 5.69 Å². The Morgan fingerprint density at radius 1 is 1.30 bits per heavy atom. The van der Waals surface area contributed by atoms with E-state index in [0.29, 0.717) is 43.7 Å². The van der Waals surface area contributed by atoms with Gasteiger partial charge in [-0.05, 0) is 12.1 Å². The molecule has 20 heavy (non-hydrogen) atoms. The fourth-order valence-corrected chi connectivity index (χ4v) is 2.28. The van der Waals surface area contributed by atoms with Crippen LogP contribution in [-0.2, 0) is 4.79 Å². The number of rotatable bonds is 3. The molecule has 7 nitrogen and oxygen atoms in total. The molecular weight excluding hydrogens is 262 g/mol. The molecule has 1 aliphatic heterocycles. The highest BCUT2D eigenvalue weighted by Crippen LogP contribution is 2.29. The molecule has 1 aromatic rings. The molecular formula is C13H15N3O4. The summed E-state index contributed by atoms with van der Waals surface area (Å²) in [4.78, 5) is 36.2. The monoisotopic (exact) mass is 277 g/mol. The summed E-state index contributed by atoms with van der Waals surface area (Å²) in [6.07, 6.45) is 0.666. The van der Waals surface area contributed by atoms with E-state index < -0.39 is 4.92 Å². The molecule has 0 radical (unpaired) electrons. The van der Waals surface area contributed by atoms with Gasteiger partial charge in [0.1, 0.15) is 12.0 Å². The number of nitrogens with zero attached hydrogens (tertiary/aromatic N) is 3. The van der Waals surface area contributed by atoms with Crippen molar-refractivity contribution < 1.29 is 14.5 Å². The Morgan fingerprint density at radius 3 is 2.45 bits per heavy atom. The minimum Gasteiger partial charge on any atom is -0.362 e. The third kappa shape index (κ3) is 2.76. The number of benzene rings is 1. The Hall–Kier alpha value is -2.44. The molecule has 0 atom stereocenters. The van der Waals surface area contributed by atoms with E-state index >= 15 is 0 Å². The van der Waals surface area contributed by atoms with Crippen LogP contribution in [-0.4, -0.2) is 48.2 Å². The summed E-state index contributed by atoms with van der Waals surface area (Å²) < 4.78 is 0. The maximum absolute atomic E-state index is 11.3. The van der Waals surface area contributed by atoms with Crippen molar-refractivity contribution >= 4 is 23.6 Å². The first-order valence-corrected chi connectivity index (χ1v) is 6.27. The average molecular weight is 277 g/mol. The molecule has 7 heteroatoms. The molecule has 1 aliphatic rings. The van der Waals surface area contributed by atoms with E-state index in [1.54, 1.807) is 4.90 Å². The number of hydrogen-bond donors (Lipinski definition) is 0. The summed E-state index contributed by atoms with van der Waals surface area (Å²) in [5, 5.41) is 11.1. The maximum Gasteiger partial charge on any atom is 0.292 e. The van der Waals surface area contributed by atoms with E-state index in [9.17, 15) is 19.7 Å². The van der Waals surface area contributed by atoms with E-state index in [1.165, 1.54) is 25.1 Å². The van der Waals surface area contributed by atoms with Crippen LogP contribution in [0.1, 0.15) is 17.3 Å². The number of carbonyl (C=O) groups is 2. The molecule has 0 spiro atoms. The van der Waals surface area contributed by atoms with Gasteiger partial charge in [0, 0.05) is 44.7 Å². The van der Waals surface area contributed by atoms with E-state index in [-0.39, 0.29) is 11.6 Å². The van der Waals surface area contributed by atoms with Crippen LogP contribution in [0.25, 0.3) is 0 Å². The van der Waals surface area contributed by atoms with Gasteiger partial charge in [0.2, 0.25) is 5.91 Å². The Kier molecular flexibility index (Phi) is 3.97. The van der Waals surface area contributed by atoms with Gasteiger partial charge in [0.05, 0.1) is 4.92 Å². The summed E-state index contributed by atoms with van der Waals surface area (Å²) in [6.45, 7) is 3.59. The topological polar surface area (TPSA) is 83.8 Å². The standard InChI is InChI=1S/C13H15N3O4/c1-10(18)14-4-6-15(7-5-14)13-8-11(9-17)2-3-12(13)16(19)20/h2-3,8-9H,4-7H2,1H3. The Balaban J connectivity index is 2.26. The lowest BCUT2D eigenvalue weighted by Gasteiger charge is -2.35. The van der Waals surface area contributed by atoms with Crippen molar-refractivity contribution in [2.45, 2.75) is 6.92 Å². The predicted octanol–water partition coefficient (Wildman–Crippen LogP) is 1.08. The summed E-state index contributed by atoms with van der Waals surface area (Å²) in [7, 11) is 0. The Morgan fingerprint density at radius 2 is 1.95 bits per heavy atom. The SMILES string of the molecule is CC(=O)N1CCN(c2cc(C=O)ccc2[N+](=O)[O-])CC1. The largest absolute Gasteiger partial charge is 0.362 e. The maximum atomic E-state index is 11.3. The highest BCUT2D eigenvalue weighted by atomic mass is 16.6. The van der Waals surface area contributed by atoms with Gasteiger partial charge < -0.3 is 9.80 Å². The smallest absolute Gasteiger partial charge is 0.292 e. The van der Waals surface area contributed by atoms with Crippen LogP contribution in [0.15, 0.2) is 18.2 Å². The molecule has 1 heterocycles. The number of aldehydes is 1. The zero-order valence-electron chi connectivity index (χ0n) is 11.1. The zero-order valence-corrected chi connectivity index (χ0v) is 11.1. The van der Waals surface area contributed by atoms with E-state index in [1.807, 2.05) is 4.90 Å². The minimum absolute atomic E-state index is 0.000733. The first-order chi connectivity index (χ1) is 9.52. The lowest BCUT2D eigenvalue weighted by Crippen LogP contribution is -2.48. The van der Waals surface area contributed by atoms with Crippen LogP contribution in [0.3, 0.4) is 0 Å². The van der Waals surface area contributed by atoms with Gasteiger partial charge in [-0.1, -0.05) is 0 Å². The Bertz CT molecular complexity index is 551. The van der Waals surface area contributed by atoms with E-state index in [0.717, 1.165) is 0 Å². The molecule has 0 saturated carbocycles. The van der Waals surface area contributed by atoms with Crippen molar-refractivity contribution in [2.75, 3.05) is 31.1 Å². The predicted molar refractivity (Wildman–Crippen MR) is 73.0 cm³/mol. The molecule has 0 bridgehead atoms. The molecule has 2 rings (SSSR count). The average Bonchev–Trinajstić information content (AvgIpc) is 2.46. The third-order valence-electron chi connectivity index (χ3n) is 3.40. The quantitative estimate of drug-likeness (QED) is 0.469. The number of anilines is 1. The molecule has 0 aliphatic carbocycles. The molecule has 0 unspecified atom stereocenters. The summed E-state index contributed by atoms with van der Waals surface area (Å²) in [5.74, 6) is 0.000733. The second-order valence-electron chi connectivity index (χ2n) is 4.62. The normalized spacial score (nSPS) is 15.1. The number of nitro groups is 1. The zero-order chi connectivity index (χ0) is 14.7. The lowest BCUT2D eigenvalue weighted by atomic mass is 10.1. The van der Waals surface area contributed by atoms with Gasteiger partial charge in [-0.25, -0.2) is 0 Å². The van der Waals surface area contributed by atoms with Crippen LogP contribution in [0.2, 0.25) is 0 Å². The molecule has 1 aromatic carbocycles. The van der Waals surface area contributed by atoms with E-state index in [2.05, 4.69) is 0 Å². The van der Waals surface area contributed by atoms with Gasteiger partial charge >= 0.3 is 0 Å². The van der Waals surface area contributed by atoms with Crippen molar-refractivity contribution in [3.8, 4) is 0 Å². The number of carbonyl (C=O) groups excluding carboxylic acids is 2. The van der Waals surface area contributed by atoms with Gasteiger partial charge in [0.15, 0.2) is 0 Å². The van der Waals surface area contributed by atoms with Crippen LogP contribution in [0.4, 0.5) is 11.4 Å². The van der Waals surface area contributed by atoms with Crippen molar-refractivity contribution in [3.05, 3.63) is 33.9 Å². The second kappa shape index (κ2) is 5.68. The number of nitro benzene ring substituents is 1. The van der Waals surface area contributed by atoms with Gasteiger partial charge in [-0.3, -0.25) is 19.7 Å². The van der Waals surface area contributed by atoms with Crippen LogP contribution in [0, 0.1) is 10.1 Å². The highest BCUT2D eigenvalue weighted by Gasteiger charge is 2.24. The summed E-state index contributed by atoms with van der Waals surface area (Å²) >= 11 is 0. The first kappa shape index (κ1) is 14.0. The van der Waals surface area contributed by atoms with Gasteiger partial charge in [-0.2, -0.15) is 0 Å². The minimum atomic E-state index is -0.457. The van der Waals surface area contributed by atoms with Crippen molar-refractivity contribution in [1.82, 2.24) is 4.90 Å².